The van der Waals surface area contributed by atoms with E-state index < -0.39 is 16.0 Å². The fourth-order valence-electron chi connectivity index (χ4n) is 1.79. The monoisotopic (exact) mass is 350 g/mol. The molecule has 2 rings (SSSR count). The minimum absolute atomic E-state index is 0.00314. The smallest absolute Gasteiger partial charge is 0.307 e. The van der Waals surface area contributed by atoms with Crippen molar-refractivity contribution in [1.29, 1.82) is 0 Å². The number of aryl methyl sites for hydroxylation is 1. The van der Waals surface area contributed by atoms with Gasteiger partial charge in [-0.1, -0.05) is 35.5 Å². The third-order valence-corrected chi connectivity index (χ3v) is 4.03. The second kappa shape index (κ2) is 8.42. The molecule has 8 heteroatoms. The number of sulfonamides is 1. The normalized spacial score (nSPS) is 11.7. The van der Waals surface area contributed by atoms with Crippen LogP contribution in [0, 0.1) is 6.92 Å². The number of carbonyl (C=O) groups is 1. The Kier molecular flexibility index (Phi) is 6.28. The summed E-state index contributed by atoms with van der Waals surface area (Å²) in [5.41, 5.74) is 1.28. The SMILES string of the molecule is Cc1cc(COC(=O)CCNS(=O)(=O)/C=C/c2ccccc2)no1. The largest absolute Gasteiger partial charge is 0.459 e. The fraction of sp³-hybridized carbons (Fsp3) is 0.250. The second-order valence-corrected chi connectivity index (χ2v) is 6.64. The molecule has 2 aromatic rings. The van der Waals surface area contributed by atoms with Gasteiger partial charge >= 0.3 is 5.97 Å². The van der Waals surface area contributed by atoms with Crippen LogP contribution in [0.25, 0.3) is 6.08 Å². The number of carbonyl (C=O) groups excluding carboxylic acids is 1. The molecule has 0 aliphatic rings. The van der Waals surface area contributed by atoms with Crippen LogP contribution in [0.4, 0.5) is 0 Å². The average molecular weight is 350 g/mol. The summed E-state index contributed by atoms with van der Waals surface area (Å²) in [6.45, 7) is 1.69. The summed E-state index contributed by atoms with van der Waals surface area (Å²) >= 11 is 0. The van der Waals surface area contributed by atoms with Gasteiger partial charge in [-0.05, 0) is 18.6 Å². The highest BCUT2D eigenvalue weighted by Gasteiger charge is 2.09. The molecule has 0 aliphatic carbocycles. The Morgan fingerprint density at radius 2 is 2.08 bits per heavy atom. The predicted molar refractivity (Wildman–Crippen MR) is 88.1 cm³/mol. The lowest BCUT2D eigenvalue weighted by Crippen LogP contribution is -2.24. The molecule has 1 aromatic heterocycles. The highest BCUT2D eigenvalue weighted by atomic mass is 32.2. The van der Waals surface area contributed by atoms with Gasteiger partial charge in [0, 0.05) is 18.0 Å². The maximum Gasteiger partial charge on any atom is 0.307 e. The summed E-state index contributed by atoms with van der Waals surface area (Å²) in [6.07, 6.45) is 1.41. The highest BCUT2D eigenvalue weighted by Crippen LogP contribution is 2.04. The average Bonchev–Trinajstić information content (AvgIpc) is 2.97. The summed E-state index contributed by atoms with van der Waals surface area (Å²) in [7, 11) is -3.60. The summed E-state index contributed by atoms with van der Waals surface area (Å²) in [4.78, 5) is 11.6. The van der Waals surface area contributed by atoms with Crippen LogP contribution in [-0.4, -0.2) is 26.1 Å². The lowest BCUT2D eigenvalue weighted by atomic mass is 10.2. The minimum atomic E-state index is -3.60. The Balaban J connectivity index is 1.72. The van der Waals surface area contributed by atoms with Gasteiger partial charge in [-0.3, -0.25) is 4.79 Å². The van der Waals surface area contributed by atoms with E-state index in [0.717, 1.165) is 11.0 Å². The van der Waals surface area contributed by atoms with Crippen LogP contribution >= 0.6 is 0 Å². The molecule has 0 aliphatic heterocycles. The molecule has 7 nitrogen and oxygen atoms in total. The van der Waals surface area contributed by atoms with Gasteiger partial charge in [-0.15, -0.1) is 0 Å². The first-order valence-corrected chi connectivity index (χ1v) is 8.80. The molecule has 1 aromatic carbocycles. The van der Waals surface area contributed by atoms with Gasteiger partial charge in [0.1, 0.15) is 18.1 Å². The molecule has 0 saturated carbocycles. The summed E-state index contributed by atoms with van der Waals surface area (Å²) < 4.78 is 35.7. The number of aromatic nitrogens is 1. The van der Waals surface area contributed by atoms with Crippen molar-refractivity contribution in [2.75, 3.05) is 6.54 Å². The maximum atomic E-state index is 11.8. The Bertz CT molecular complexity index is 797. The van der Waals surface area contributed by atoms with Crippen LogP contribution in [0.1, 0.15) is 23.4 Å². The third kappa shape index (κ3) is 6.35. The lowest BCUT2D eigenvalue weighted by Gasteiger charge is -2.03. The van der Waals surface area contributed by atoms with Crippen molar-refractivity contribution in [3.8, 4) is 0 Å². The van der Waals surface area contributed by atoms with Gasteiger partial charge in [0.05, 0.1) is 6.42 Å². The maximum absolute atomic E-state index is 11.8. The molecule has 0 bridgehead atoms. The van der Waals surface area contributed by atoms with E-state index in [1.54, 1.807) is 25.1 Å². The molecular weight excluding hydrogens is 332 g/mol. The summed E-state index contributed by atoms with van der Waals surface area (Å²) in [6, 6.07) is 10.7. The van der Waals surface area contributed by atoms with E-state index in [-0.39, 0.29) is 19.6 Å². The zero-order valence-corrected chi connectivity index (χ0v) is 14.0. The van der Waals surface area contributed by atoms with Crippen molar-refractivity contribution in [3.63, 3.8) is 0 Å². The number of benzene rings is 1. The molecule has 24 heavy (non-hydrogen) atoms. The van der Waals surface area contributed by atoms with Gasteiger partial charge in [0.15, 0.2) is 0 Å². The molecule has 0 fully saturated rings. The van der Waals surface area contributed by atoms with Crippen LogP contribution in [0.2, 0.25) is 0 Å². The predicted octanol–water partition coefficient (Wildman–Crippen LogP) is 2.01. The summed E-state index contributed by atoms with van der Waals surface area (Å²) in [5.74, 6) is 0.101. The fourth-order valence-corrected chi connectivity index (χ4v) is 2.61. The van der Waals surface area contributed by atoms with E-state index in [1.807, 2.05) is 18.2 Å². The van der Waals surface area contributed by atoms with E-state index in [4.69, 9.17) is 9.26 Å². The lowest BCUT2D eigenvalue weighted by molar-refractivity contribution is -0.144. The van der Waals surface area contributed by atoms with E-state index in [0.29, 0.717) is 11.5 Å². The van der Waals surface area contributed by atoms with Crippen LogP contribution in [0.3, 0.4) is 0 Å². The number of esters is 1. The quantitative estimate of drug-likeness (QED) is 0.731. The Hall–Kier alpha value is -2.45. The second-order valence-electron chi connectivity index (χ2n) is 4.99. The molecule has 0 atom stereocenters. The van der Waals surface area contributed by atoms with Crippen LogP contribution in [0.15, 0.2) is 46.3 Å². The third-order valence-electron chi connectivity index (χ3n) is 2.93. The van der Waals surface area contributed by atoms with Gasteiger partial charge < -0.3 is 9.26 Å². The van der Waals surface area contributed by atoms with E-state index >= 15 is 0 Å². The van der Waals surface area contributed by atoms with Crippen molar-refractivity contribution in [2.24, 2.45) is 0 Å². The molecular formula is C16H18N2O5S. The molecule has 128 valence electrons. The zero-order chi connectivity index (χ0) is 17.4. The first-order valence-electron chi connectivity index (χ1n) is 7.25. The van der Waals surface area contributed by atoms with Gasteiger partial charge in [0.2, 0.25) is 10.0 Å². The molecule has 0 unspecified atom stereocenters. The number of ether oxygens (including phenoxy) is 1. The van der Waals surface area contributed by atoms with Crippen LogP contribution < -0.4 is 4.72 Å². The van der Waals surface area contributed by atoms with Crippen molar-refractivity contribution in [1.82, 2.24) is 9.88 Å². The van der Waals surface area contributed by atoms with Crippen molar-refractivity contribution in [3.05, 3.63) is 58.8 Å². The number of hydrogen-bond acceptors (Lipinski definition) is 6. The molecule has 0 amide bonds. The van der Waals surface area contributed by atoms with E-state index in [9.17, 15) is 13.2 Å². The zero-order valence-electron chi connectivity index (χ0n) is 13.1. The summed E-state index contributed by atoms with van der Waals surface area (Å²) in [5, 5.41) is 4.75. The Morgan fingerprint density at radius 1 is 1.33 bits per heavy atom. The van der Waals surface area contributed by atoms with Crippen molar-refractivity contribution >= 4 is 22.1 Å². The Morgan fingerprint density at radius 3 is 2.75 bits per heavy atom. The topological polar surface area (TPSA) is 98.5 Å². The first kappa shape index (κ1) is 17.9. The molecule has 1 heterocycles. The molecule has 0 radical (unpaired) electrons. The van der Waals surface area contributed by atoms with Gasteiger partial charge in [-0.25, -0.2) is 13.1 Å². The first-order chi connectivity index (χ1) is 11.4. The number of nitrogens with zero attached hydrogens (tertiary/aromatic N) is 1. The number of nitrogens with one attached hydrogen (secondary N) is 1. The molecule has 0 saturated heterocycles. The highest BCUT2D eigenvalue weighted by molar-refractivity contribution is 7.92. The van der Waals surface area contributed by atoms with Crippen LogP contribution in [-0.2, 0) is 26.2 Å². The van der Waals surface area contributed by atoms with Crippen molar-refractivity contribution < 1.29 is 22.5 Å². The van der Waals surface area contributed by atoms with Gasteiger partial charge in [0.25, 0.3) is 0 Å². The number of hydrogen-bond donors (Lipinski definition) is 1. The van der Waals surface area contributed by atoms with Gasteiger partial charge in [-0.2, -0.15) is 0 Å². The molecule has 1 N–H and O–H groups in total. The minimum Gasteiger partial charge on any atom is -0.459 e. The molecule has 0 spiro atoms. The van der Waals surface area contributed by atoms with Crippen molar-refractivity contribution in [2.45, 2.75) is 20.0 Å². The standard InChI is InChI=1S/C16H18N2O5S/c1-13-11-15(18-23-13)12-22-16(19)7-9-17-24(20,21)10-8-14-5-3-2-4-6-14/h2-6,8,10-11,17H,7,9,12H2,1H3/b10-8+. The van der Waals surface area contributed by atoms with E-state index in [1.165, 1.54) is 6.08 Å². The van der Waals surface area contributed by atoms with Crippen LogP contribution in [0.5, 0.6) is 0 Å². The van der Waals surface area contributed by atoms with E-state index in [2.05, 4.69) is 9.88 Å². The number of rotatable bonds is 8. The Labute approximate surface area is 140 Å².